The number of hydrogen-bond donors (Lipinski definition) is 1. The molecule has 0 amide bonds. The molecule has 0 saturated carbocycles. The van der Waals surface area contributed by atoms with Crippen molar-refractivity contribution in [3.05, 3.63) is 53.8 Å². The standard InChI is InChI=1S/C13H9FN2O/c14-10-5-3-7-12(13(10)16)17-11-6-2-1-4-9(11)8-15/h1-7H,16H2. The zero-order valence-electron chi connectivity index (χ0n) is 8.85. The predicted octanol–water partition coefficient (Wildman–Crippen LogP) is 3.07. The monoisotopic (exact) mass is 228 g/mol. The molecule has 0 atom stereocenters. The van der Waals surface area contributed by atoms with Gasteiger partial charge in [0.15, 0.2) is 5.75 Å². The fraction of sp³-hybridized carbons (Fsp3) is 0. The Kier molecular flexibility index (Phi) is 2.93. The van der Waals surface area contributed by atoms with E-state index in [1.165, 1.54) is 12.1 Å². The molecule has 4 heteroatoms. The lowest BCUT2D eigenvalue weighted by Crippen LogP contribution is -1.96. The van der Waals surface area contributed by atoms with Gasteiger partial charge in [0.05, 0.1) is 5.56 Å². The predicted molar refractivity (Wildman–Crippen MR) is 62.0 cm³/mol. The third kappa shape index (κ3) is 2.18. The van der Waals surface area contributed by atoms with E-state index < -0.39 is 5.82 Å². The second-order valence-electron chi connectivity index (χ2n) is 3.36. The summed E-state index contributed by atoms with van der Waals surface area (Å²) < 4.78 is 18.6. The third-order valence-electron chi connectivity index (χ3n) is 2.24. The van der Waals surface area contributed by atoms with Crippen LogP contribution in [0.5, 0.6) is 11.5 Å². The molecule has 0 unspecified atom stereocenters. The minimum atomic E-state index is -0.545. The lowest BCUT2D eigenvalue weighted by atomic mass is 10.2. The van der Waals surface area contributed by atoms with E-state index in [-0.39, 0.29) is 11.4 Å². The molecule has 0 radical (unpaired) electrons. The first-order chi connectivity index (χ1) is 8.22. The molecule has 0 aliphatic carbocycles. The van der Waals surface area contributed by atoms with Crippen LogP contribution in [-0.4, -0.2) is 0 Å². The van der Waals surface area contributed by atoms with Gasteiger partial charge in [-0.15, -0.1) is 0 Å². The molecular formula is C13H9FN2O. The molecule has 2 aromatic rings. The van der Waals surface area contributed by atoms with Gasteiger partial charge < -0.3 is 10.5 Å². The van der Waals surface area contributed by atoms with E-state index in [0.717, 1.165) is 0 Å². The summed E-state index contributed by atoms with van der Waals surface area (Å²) in [5.74, 6) is 0.0111. The molecule has 17 heavy (non-hydrogen) atoms. The minimum absolute atomic E-state index is 0.0692. The maximum Gasteiger partial charge on any atom is 0.153 e. The first-order valence-electron chi connectivity index (χ1n) is 4.93. The molecule has 2 N–H and O–H groups in total. The van der Waals surface area contributed by atoms with Gasteiger partial charge in [-0.3, -0.25) is 0 Å². The number of nitrogen functional groups attached to an aromatic ring is 1. The van der Waals surface area contributed by atoms with Crippen molar-refractivity contribution >= 4 is 5.69 Å². The fourth-order valence-electron chi connectivity index (χ4n) is 1.37. The minimum Gasteiger partial charge on any atom is -0.454 e. The number of hydrogen-bond acceptors (Lipinski definition) is 3. The van der Waals surface area contributed by atoms with Gasteiger partial charge in [0.2, 0.25) is 0 Å². The van der Waals surface area contributed by atoms with Crippen LogP contribution < -0.4 is 10.5 Å². The highest BCUT2D eigenvalue weighted by molar-refractivity contribution is 5.56. The first kappa shape index (κ1) is 11.0. The Morgan fingerprint density at radius 2 is 1.76 bits per heavy atom. The zero-order chi connectivity index (χ0) is 12.3. The van der Waals surface area contributed by atoms with Crippen LogP contribution in [0.1, 0.15) is 5.56 Å². The topological polar surface area (TPSA) is 59.0 Å². The number of halogens is 1. The number of nitrogens with zero attached hydrogens (tertiary/aromatic N) is 1. The largest absolute Gasteiger partial charge is 0.454 e. The quantitative estimate of drug-likeness (QED) is 0.803. The molecule has 0 aliphatic rings. The summed E-state index contributed by atoms with van der Waals surface area (Å²) in [6.45, 7) is 0. The number of nitriles is 1. The van der Waals surface area contributed by atoms with Crippen LogP contribution in [0.2, 0.25) is 0 Å². The van der Waals surface area contributed by atoms with Crippen molar-refractivity contribution in [3.8, 4) is 17.6 Å². The van der Waals surface area contributed by atoms with E-state index in [1.807, 2.05) is 6.07 Å². The van der Waals surface area contributed by atoms with Crippen molar-refractivity contribution in [2.75, 3.05) is 5.73 Å². The van der Waals surface area contributed by atoms with Gasteiger partial charge in [-0.1, -0.05) is 18.2 Å². The summed E-state index contributed by atoms with van der Waals surface area (Å²) in [4.78, 5) is 0. The van der Waals surface area contributed by atoms with Gasteiger partial charge in [0, 0.05) is 0 Å². The summed E-state index contributed by atoms with van der Waals surface area (Å²) in [6.07, 6.45) is 0. The van der Waals surface area contributed by atoms with Crippen molar-refractivity contribution in [2.45, 2.75) is 0 Å². The van der Waals surface area contributed by atoms with Crippen LogP contribution in [0, 0.1) is 17.1 Å². The summed E-state index contributed by atoms with van der Waals surface area (Å²) in [5.41, 5.74) is 5.84. The van der Waals surface area contributed by atoms with E-state index >= 15 is 0 Å². The van der Waals surface area contributed by atoms with Gasteiger partial charge in [-0.25, -0.2) is 4.39 Å². The van der Waals surface area contributed by atoms with E-state index in [9.17, 15) is 4.39 Å². The number of para-hydroxylation sites is 2. The van der Waals surface area contributed by atoms with Gasteiger partial charge in [-0.05, 0) is 24.3 Å². The number of rotatable bonds is 2. The Morgan fingerprint density at radius 1 is 1.06 bits per heavy atom. The van der Waals surface area contributed by atoms with Crippen molar-refractivity contribution in [2.24, 2.45) is 0 Å². The molecule has 2 rings (SSSR count). The number of anilines is 1. The average Bonchev–Trinajstić information content (AvgIpc) is 2.35. The number of nitrogens with two attached hydrogens (primary N) is 1. The summed E-state index contributed by atoms with van der Waals surface area (Å²) >= 11 is 0. The number of ether oxygens (including phenoxy) is 1. The molecule has 0 aromatic heterocycles. The second kappa shape index (κ2) is 4.54. The highest BCUT2D eigenvalue weighted by Gasteiger charge is 2.08. The fourth-order valence-corrected chi connectivity index (χ4v) is 1.37. The smallest absolute Gasteiger partial charge is 0.153 e. The molecule has 0 bridgehead atoms. The normalized spacial score (nSPS) is 9.65. The Bertz CT molecular complexity index is 590. The van der Waals surface area contributed by atoms with Crippen LogP contribution in [-0.2, 0) is 0 Å². The summed E-state index contributed by atoms with van der Waals surface area (Å²) in [5, 5.41) is 8.89. The number of benzene rings is 2. The Balaban J connectivity index is 2.39. The van der Waals surface area contributed by atoms with Crippen molar-refractivity contribution in [1.29, 1.82) is 5.26 Å². The molecule has 0 saturated heterocycles. The van der Waals surface area contributed by atoms with Gasteiger partial charge in [0.25, 0.3) is 0 Å². The van der Waals surface area contributed by atoms with Crippen LogP contribution in [0.15, 0.2) is 42.5 Å². The molecular weight excluding hydrogens is 219 g/mol. The molecule has 0 fully saturated rings. The van der Waals surface area contributed by atoms with Crippen molar-refractivity contribution in [3.63, 3.8) is 0 Å². The highest BCUT2D eigenvalue weighted by atomic mass is 19.1. The Labute approximate surface area is 97.9 Å². The van der Waals surface area contributed by atoms with Crippen LogP contribution in [0.3, 0.4) is 0 Å². The van der Waals surface area contributed by atoms with E-state index in [2.05, 4.69) is 0 Å². The zero-order valence-corrected chi connectivity index (χ0v) is 8.85. The average molecular weight is 228 g/mol. The van der Waals surface area contributed by atoms with Gasteiger partial charge in [-0.2, -0.15) is 5.26 Å². The van der Waals surface area contributed by atoms with E-state index in [1.54, 1.807) is 30.3 Å². The van der Waals surface area contributed by atoms with Gasteiger partial charge >= 0.3 is 0 Å². The highest BCUT2D eigenvalue weighted by Crippen LogP contribution is 2.30. The molecule has 0 aliphatic heterocycles. The maximum atomic E-state index is 13.2. The van der Waals surface area contributed by atoms with Crippen molar-refractivity contribution < 1.29 is 9.13 Å². The van der Waals surface area contributed by atoms with Gasteiger partial charge in [0.1, 0.15) is 23.3 Å². The summed E-state index contributed by atoms with van der Waals surface area (Å²) in [7, 11) is 0. The van der Waals surface area contributed by atoms with Crippen LogP contribution in [0.4, 0.5) is 10.1 Å². The third-order valence-corrected chi connectivity index (χ3v) is 2.24. The van der Waals surface area contributed by atoms with Crippen LogP contribution in [0.25, 0.3) is 0 Å². The molecule has 0 spiro atoms. The second-order valence-corrected chi connectivity index (χ2v) is 3.36. The molecule has 0 heterocycles. The lowest BCUT2D eigenvalue weighted by molar-refractivity contribution is 0.479. The molecule has 3 nitrogen and oxygen atoms in total. The van der Waals surface area contributed by atoms with E-state index in [4.69, 9.17) is 15.7 Å². The maximum absolute atomic E-state index is 13.2. The van der Waals surface area contributed by atoms with E-state index in [0.29, 0.717) is 11.3 Å². The Morgan fingerprint density at radius 3 is 2.53 bits per heavy atom. The first-order valence-corrected chi connectivity index (χ1v) is 4.93. The Hall–Kier alpha value is -2.54. The SMILES string of the molecule is N#Cc1ccccc1Oc1cccc(F)c1N. The molecule has 2 aromatic carbocycles. The van der Waals surface area contributed by atoms with Crippen molar-refractivity contribution in [1.82, 2.24) is 0 Å². The lowest BCUT2D eigenvalue weighted by Gasteiger charge is -2.09. The summed E-state index contributed by atoms with van der Waals surface area (Å²) in [6, 6.07) is 13.0. The van der Waals surface area contributed by atoms with Crippen LogP contribution >= 0.6 is 0 Å². The molecule has 84 valence electrons.